The summed E-state index contributed by atoms with van der Waals surface area (Å²) in [5, 5.41) is -0.0222. The number of nitrogens with one attached hydrogen (secondary N) is 1. The molecule has 0 saturated heterocycles. The maximum atomic E-state index is 12.7. The fourth-order valence-electron chi connectivity index (χ4n) is 3.59. The van der Waals surface area contributed by atoms with E-state index >= 15 is 0 Å². The van der Waals surface area contributed by atoms with Crippen LogP contribution in [-0.2, 0) is 19.9 Å². The highest BCUT2D eigenvalue weighted by molar-refractivity contribution is 6.32. The first-order chi connectivity index (χ1) is 16.4. The van der Waals surface area contributed by atoms with Gasteiger partial charge in [-0.2, -0.15) is 14.3 Å². The number of benzene rings is 2. The van der Waals surface area contributed by atoms with E-state index < -0.39 is 12.2 Å². The van der Waals surface area contributed by atoms with Crippen molar-refractivity contribution >= 4 is 24.1 Å². The number of alkyl halides is 2. The lowest BCUT2D eigenvalue weighted by Gasteiger charge is -2.26. The molecule has 1 atom stereocenters. The summed E-state index contributed by atoms with van der Waals surface area (Å²) in [6.07, 6.45) is 3.29. The Morgan fingerprint density at radius 1 is 1.15 bits per heavy atom. The highest BCUT2D eigenvalue weighted by Gasteiger charge is 2.41. The van der Waals surface area contributed by atoms with Crippen molar-refractivity contribution in [2.24, 2.45) is 4.99 Å². The quantitative estimate of drug-likeness (QED) is 0.372. The van der Waals surface area contributed by atoms with Crippen LogP contribution >= 0.6 is 11.6 Å². The number of pyridine rings is 1. The van der Waals surface area contributed by atoms with Gasteiger partial charge in [0.1, 0.15) is 18.1 Å². The van der Waals surface area contributed by atoms with Crippen LogP contribution < -0.4 is 15.0 Å². The second-order valence-electron chi connectivity index (χ2n) is 7.10. The van der Waals surface area contributed by atoms with E-state index in [4.69, 9.17) is 21.1 Å². The molecule has 176 valence electrons. The van der Waals surface area contributed by atoms with Crippen molar-refractivity contribution < 1.29 is 32.6 Å². The third-order valence-electron chi connectivity index (χ3n) is 5.15. The number of nitrogens with zero attached hydrogens (tertiary/aromatic N) is 2. The molecule has 1 aromatic heterocycles. The van der Waals surface area contributed by atoms with Gasteiger partial charge in [0.2, 0.25) is 0 Å². The van der Waals surface area contributed by atoms with Crippen LogP contribution in [0.15, 0.2) is 65.9 Å². The monoisotopic (exact) mass is 489 g/mol. The van der Waals surface area contributed by atoms with E-state index in [1.807, 2.05) is 30.3 Å². The highest BCUT2D eigenvalue weighted by atomic mass is 35.5. The van der Waals surface area contributed by atoms with Crippen LogP contribution in [0.3, 0.4) is 0 Å². The molecule has 0 spiro atoms. The minimum atomic E-state index is -3.02. The van der Waals surface area contributed by atoms with Crippen molar-refractivity contribution in [3.63, 3.8) is 0 Å². The minimum Gasteiger partial charge on any atom is -0.495 e. The summed E-state index contributed by atoms with van der Waals surface area (Å²) in [4.78, 5) is 23.9. The molecular weight excluding hydrogens is 472 g/mol. The second kappa shape index (κ2) is 9.92. The van der Waals surface area contributed by atoms with E-state index in [1.54, 1.807) is 25.6 Å². The summed E-state index contributed by atoms with van der Waals surface area (Å²) in [7, 11) is 1.55. The van der Waals surface area contributed by atoms with Gasteiger partial charge in [-0.05, 0) is 41.0 Å². The van der Waals surface area contributed by atoms with Crippen molar-refractivity contribution in [1.82, 2.24) is 10.5 Å². The molecule has 3 aromatic rings. The lowest BCUT2D eigenvalue weighted by Crippen LogP contribution is -2.27. The lowest BCUT2D eigenvalue weighted by molar-refractivity contribution is -0.132. The number of ether oxygens (including phenoxy) is 3. The smallest absolute Gasteiger partial charge is 0.387 e. The Bertz CT molecular complexity index is 1230. The highest BCUT2D eigenvalue weighted by Crippen LogP contribution is 2.41. The zero-order valence-electron chi connectivity index (χ0n) is 17.7. The molecule has 0 amide bonds. The first-order valence-corrected chi connectivity index (χ1v) is 10.3. The van der Waals surface area contributed by atoms with Gasteiger partial charge in [-0.1, -0.05) is 35.9 Å². The summed E-state index contributed by atoms with van der Waals surface area (Å²) < 4.78 is 40.7. The fraction of sp³-hybridized carbons (Fsp3) is 0.174. The molecule has 0 bridgehead atoms. The molecule has 34 heavy (non-hydrogen) atoms. The van der Waals surface area contributed by atoms with Crippen LogP contribution in [0.1, 0.15) is 11.1 Å². The minimum absolute atomic E-state index is 0.0166. The van der Waals surface area contributed by atoms with Gasteiger partial charge in [0.15, 0.2) is 5.54 Å². The Morgan fingerprint density at radius 3 is 2.71 bits per heavy atom. The number of halogens is 3. The molecule has 4 rings (SSSR count). The van der Waals surface area contributed by atoms with Crippen molar-refractivity contribution in [2.45, 2.75) is 12.2 Å². The number of aliphatic imine (C=N–C) groups is 1. The topological polar surface area (TPSA) is 91.3 Å². The normalized spacial score (nSPS) is 17.0. The Morgan fingerprint density at radius 2 is 1.97 bits per heavy atom. The van der Waals surface area contributed by atoms with Crippen LogP contribution in [-0.4, -0.2) is 37.8 Å². The van der Waals surface area contributed by atoms with E-state index in [1.165, 1.54) is 12.1 Å². The third kappa shape index (κ3) is 4.72. The van der Waals surface area contributed by atoms with Crippen molar-refractivity contribution in [3.8, 4) is 22.6 Å². The number of hydroxylamine groups is 1. The van der Waals surface area contributed by atoms with E-state index in [0.29, 0.717) is 16.9 Å². The summed E-state index contributed by atoms with van der Waals surface area (Å²) in [5.41, 5.74) is 4.06. The number of hydrogen-bond acceptors (Lipinski definition) is 8. The van der Waals surface area contributed by atoms with Gasteiger partial charge in [-0.3, -0.25) is 9.78 Å². The van der Waals surface area contributed by atoms with Gasteiger partial charge >= 0.3 is 19.1 Å². The Balaban J connectivity index is 1.81. The van der Waals surface area contributed by atoms with Crippen molar-refractivity contribution in [2.75, 3.05) is 13.7 Å². The Kier molecular flexibility index (Phi) is 6.78. The van der Waals surface area contributed by atoms with Crippen LogP contribution in [0.5, 0.6) is 11.5 Å². The van der Waals surface area contributed by atoms with E-state index in [2.05, 4.69) is 25.0 Å². The van der Waals surface area contributed by atoms with Crippen molar-refractivity contribution in [3.05, 3.63) is 77.1 Å². The number of hydrogen-bond donors (Lipinski definition) is 1. The number of aromatic nitrogens is 1. The number of carbonyl (C=O) groups is 1. The van der Waals surface area contributed by atoms with Gasteiger partial charge in [0, 0.05) is 11.8 Å². The Labute approximate surface area is 198 Å². The van der Waals surface area contributed by atoms with Crippen LogP contribution in [0.2, 0.25) is 5.02 Å². The first-order valence-electron chi connectivity index (χ1n) is 9.88. The molecule has 2 heterocycles. The molecule has 8 nitrogen and oxygen atoms in total. The molecule has 2 aromatic carbocycles. The fourth-order valence-corrected chi connectivity index (χ4v) is 3.82. The predicted octanol–water partition coefficient (Wildman–Crippen LogP) is 4.32. The third-order valence-corrected chi connectivity index (χ3v) is 5.45. The summed E-state index contributed by atoms with van der Waals surface area (Å²) in [5.74, 6) is 0.427. The van der Waals surface area contributed by atoms with E-state index in [9.17, 15) is 13.6 Å². The van der Waals surface area contributed by atoms with E-state index in [-0.39, 0.29) is 29.9 Å². The molecule has 1 N–H and O–H groups in total. The predicted molar refractivity (Wildman–Crippen MR) is 119 cm³/mol. The number of carbonyl (C=O) groups excluding carboxylic acids is 1. The molecule has 11 heteroatoms. The SMILES string of the molecule is COc1cncc(-c2cccc(C3(c4ccc(OC(F)F)c(Cl)c4)COC(NOC=O)=N3)c2)c1. The average molecular weight is 490 g/mol. The van der Waals surface area contributed by atoms with Crippen LogP contribution in [0, 0.1) is 0 Å². The van der Waals surface area contributed by atoms with Crippen LogP contribution in [0.4, 0.5) is 8.78 Å². The van der Waals surface area contributed by atoms with Gasteiger partial charge in [-0.15, -0.1) is 0 Å². The van der Waals surface area contributed by atoms with Gasteiger partial charge < -0.3 is 19.0 Å². The van der Waals surface area contributed by atoms with Crippen LogP contribution in [0.25, 0.3) is 11.1 Å². The zero-order chi connectivity index (χ0) is 24.1. The average Bonchev–Trinajstić information content (AvgIpc) is 3.29. The van der Waals surface area contributed by atoms with Crippen molar-refractivity contribution in [1.29, 1.82) is 0 Å². The molecule has 0 saturated carbocycles. The van der Waals surface area contributed by atoms with Gasteiger partial charge in [0.05, 0.1) is 18.3 Å². The number of amidine groups is 1. The molecule has 1 aliphatic heterocycles. The maximum Gasteiger partial charge on any atom is 0.387 e. The maximum absolute atomic E-state index is 12.7. The first kappa shape index (κ1) is 23.2. The largest absolute Gasteiger partial charge is 0.495 e. The zero-order valence-corrected chi connectivity index (χ0v) is 18.5. The molecule has 1 unspecified atom stereocenters. The number of methoxy groups -OCH3 is 1. The molecular formula is C23H18ClF2N3O5. The standard InChI is InChI=1S/C23H18ClF2N3O5/c1-31-18-8-15(10-27-11-18)14-3-2-4-16(7-14)23(12-32-22(28-23)29-33-13-30)17-5-6-20(19(24)9-17)34-21(25)26/h2-11,13,21H,12H2,1H3,(H,28,29). The molecule has 0 aliphatic carbocycles. The van der Waals surface area contributed by atoms with E-state index in [0.717, 1.165) is 11.1 Å². The Hall–Kier alpha value is -3.92. The van der Waals surface area contributed by atoms with Gasteiger partial charge in [0.25, 0.3) is 0 Å². The second-order valence-corrected chi connectivity index (χ2v) is 7.51. The molecule has 0 radical (unpaired) electrons. The summed E-state index contributed by atoms with van der Waals surface area (Å²) in [6, 6.07) is 13.7. The summed E-state index contributed by atoms with van der Waals surface area (Å²) in [6.45, 7) is -2.81. The molecule has 0 fully saturated rings. The number of rotatable bonds is 8. The van der Waals surface area contributed by atoms with Gasteiger partial charge in [-0.25, -0.2) is 4.99 Å². The molecule has 1 aliphatic rings. The summed E-state index contributed by atoms with van der Waals surface area (Å²) >= 11 is 6.23. The lowest BCUT2D eigenvalue weighted by atomic mass is 9.83.